The topological polar surface area (TPSA) is 36.4 Å². The zero-order valence-corrected chi connectivity index (χ0v) is 14.6. The van der Waals surface area contributed by atoms with E-state index < -0.39 is 0 Å². The van der Waals surface area contributed by atoms with Crippen molar-refractivity contribution >= 4 is 16.8 Å². The summed E-state index contributed by atoms with van der Waals surface area (Å²) in [5, 5.41) is 1.16. The number of para-hydroxylation sites is 1. The van der Waals surface area contributed by atoms with E-state index in [9.17, 15) is 4.79 Å². The molecular formula is C20H25N3O. The summed E-state index contributed by atoms with van der Waals surface area (Å²) in [6.45, 7) is 7.94. The van der Waals surface area contributed by atoms with Crippen LogP contribution in [-0.2, 0) is 11.2 Å². The van der Waals surface area contributed by atoms with Crippen molar-refractivity contribution in [3.63, 3.8) is 0 Å². The first-order valence-electron chi connectivity index (χ1n) is 9.00. The van der Waals surface area contributed by atoms with Crippen LogP contribution in [0.3, 0.4) is 0 Å². The molecule has 2 aliphatic rings. The third-order valence-electron chi connectivity index (χ3n) is 5.54. The van der Waals surface area contributed by atoms with Crippen LogP contribution in [-0.4, -0.2) is 52.9 Å². The zero-order valence-electron chi connectivity index (χ0n) is 14.6. The summed E-state index contributed by atoms with van der Waals surface area (Å²) in [5.41, 5.74) is 4.30. The third-order valence-corrected chi connectivity index (χ3v) is 5.54. The highest BCUT2D eigenvalue weighted by Gasteiger charge is 2.32. The van der Waals surface area contributed by atoms with Gasteiger partial charge in [-0.25, -0.2) is 0 Å². The van der Waals surface area contributed by atoms with Gasteiger partial charge in [-0.1, -0.05) is 18.2 Å². The number of piperazine rings is 1. The van der Waals surface area contributed by atoms with Crippen molar-refractivity contribution < 1.29 is 4.79 Å². The predicted molar refractivity (Wildman–Crippen MR) is 96.1 cm³/mol. The number of hydrogen-bond donors (Lipinski definition) is 0. The molecule has 2 fully saturated rings. The minimum Gasteiger partial charge on any atom is -0.340 e. The molecule has 0 unspecified atom stereocenters. The van der Waals surface area contributed by atoms with Crippen LogP contribution in [0.2, 0.25) is 0 Å². The second-order valence-corrected chi connectivity index (χ2v) is 7.14. The normalized spacial score (nSPS) is 19.0. The number of fused-ring (bicyclic) bond motifs is 1. The van der Waals surface area contributed by atoms with Gasteiger partial charge in [0.15, 0.2) is 0 Å². The summed E-state index contributed by atoms with van der Waals surface area (Å²) in [6.07, 6.45) is 3.16. The van der Waals surface area contributed by atoms with Gasteiger partial charge in [0.1, 0.15) is 0 Å². The number of nitrogens with zero attached hydrogens (tertiary/aromatic N) is 3. The molecular weight excluding hydrogens is 298 g/mol. The molecule has 0 bridgehead atoms. The van der Waals surface area contributed by atoms with E-state index in [1.807, 2.05) is 30.0 Å². The SMILES string of the molecule is Cc1nc2ccccc2c(C)c1CC(=O)N1CCN(C2CC2)CC1. The summed E-state index contributed by atoms with van der Waals surface area (Å²) >= 11 is 0. The van der Waals surface area contributed by atoms with Crippen LogP contribution in [0.5, 0.6) is 0 Å². The summed E-state index contributed by atoms with van der Waals surface area (Å²) in [5.74, 6) is 0.244. The standard InChI is InChI=1S/C20H25N3O/c1-14-17-5-3-4-6-19(17)21-15(2)18(14)13-20(24)23-11-9-22(10-12-23)16-7-8-16/h3-6,16H,7-13H2,1-2H3. The number of aromatic nitrogens is 1. The van der Waals surface area contributed by atoms with Gasteiger partial charge in [-0.3, -0.25) is 14.7 Å². The number of benzene rings is 1. The van der Waals surface area contributed by atoms with Crippen molar-refractivity contribution in [2.75, 3.05) is 26.2 Å². The van der Waals surface area contributed by atoms with Gasteiger partial charge in [-0.05, 0) is 43.9 Å². The molecule has 0 atom stereocenters. The molecule has 1 amide bonds. The molecule has 1 aromatic carbocycles. The lowest BCUT2D eigenvalue weighted by Crippen LogP contribution is -2.49. The van der Waals surface area contributed by atoms with Crippen molar-refractivity contribution in [2.45, 2.75) is 39.2 Å². The fourth-order valence-corrected chi connectivity index (χ4v) is 3.87. The van der Waals surface area contributed by atoms with E-state index >= 15 is 0 Å². The Kier molecular flexibility index (Phi) is 4.01. The molecule has 4 nitrogen and oxygen atoms in total. The Morgan fingerprint density at radius 2 is 1.83 bits per heavy atom. The second-order valence-electron chi connectivity index (χ2n) is 7.14. The van der Waals surface area contributed by atoms with E-state index in [2.05, 4.69) is 17.9 Å². The third kappa shape index (κ3) is 2.91. The lowest BCUT2D eigenvalue weighted by molar-refractivity contribution is -0.132. The minimum absolute atomic E-state index is 0.244. The number of carbonyl (C=O) groups is 1. The maximum absolute atomic E-state index is 12.8. The van der Waals surface area contributed by atoms with Gasteiger partial charge >= 0.3 is 0 Å². The smallest absolute Gasteiger partial charge is 0.227 e. The Bertz CT molecular complexity index is 774. The Morgan fingerprint density at radius 3 is 2.54 bits per heavy atom. The average Bonchev–Trinajstić information content (AvgIpc) is 3.44. The van der Waals surface area contributed by atoms with Crippen LogP contribution in [0.1, 0.15) is 29.7 Å². The summed E-state index contributed by atoms with van der Waals surface area (Å²) in [4.78, 5) is 22.1. The maximum Gasteiger partial charge on any atom is 0.227 e. The molecule has 0 radical (unpaired) electrons. The number of carbonyl (C=O) groups excluding carboxylic acids is 1. The molecule has 1 aliphatic heterocycles. The van der Waals surface area contributed by atoms with E-state index in [1.54, 1.807) is 0 Å². The van der Waals surface area contributed by atoms with Gasteiger partial charge in [-0.15, -0.1) is 0 Å². The zero-order chi connectivity index (χ0) is 16.7. The fourth-order valence-electron chi connectivity index (χ4n) is 3.87. The van der Waals surface area contributed by atoms with Crippen LogP contribution >= 0.6 is 0 Å². The lowest BCUT2D eigenvalue weighted by Gasteiger charge is -2.35. The molecule has 24 heavy (non-hydrogen) atoms. The van der Waals surface area contributed by atoms with Crippen LogP contribution in [0, 0.1) is 13.8 Å². The Balaban J connectivity index is 1.50. The molecule has 1 aromatic heterocycles. The second kappa shape index (κ2) is 6.17. The number of aryl methyl sites for hydroxylation is 2. The van der Waals surface area contributed by atoms with Gasteiger partial charge in [-0.2, -0.15) is 0 Å². The van der Waals surface area contributed by atoms with Crippen molar-refractivity contribution in [1.82, 2.24) is 14.8 Å². The van der Waals surface area contributed by atoms with Crippen molar-refractivity contribution in [2.24, 2.45) is 0 Å². The highest BCUT2D eigenvalue weighted by atomic mass is 16.2. The first-order valence-corrected chi connectivity index (χ1v) is 9.00. The van der Waals surface area contributed by atoms with Crippen LogP contribution < -0.4 is 0 Å². The summed E-state index contributed by atoms with van der Waals surface area (Å²) < 4.78 is 0. The van der Waals surface area contributed by atoms with Gasteiger partial charge in [0, 0.05) is 43.3 Å². The average molecular weight is 323 g/mol. The lowest BCUT2D eigenvalue weighted by atomic mass is 9.99. The van der Waals surface area contributed by atoms with Crippen molar-refractivity contribution in [3.05, 3.63) is 41.1 Å². The van der Waals surface area contributed by atoms with E-state index in [0.29, 0.717) is 6.42 Å². The van der Waals surface area contributed by atoms with E-state index in [1.165, 1.54) is 18.4 Å². The molecule has 1 aliphatic carbocycles. The monoisotopic (exact) mass is 323 g/mol. The Labute approximate surface area is 143 Å². The maximum atomic E-state index is 12.8. The first kappa shape index (κ1) is 15.6. The molecule has 1 saturated heterocycles. The summed E-state index contributed by atoms with van der Waals surface area (Å²) in [7, 11) is 0. The van der Waals surface area contributed by atoms with Gasteiger partial charge in [0.2, 0.25) is 5.91 Å². The van der Waals surface area contributed by atoms with Gasteiger partial charge in [0.25, 0.3) is 0 Å². The first-order chi connectivity index (χ1) is 11.6. The van der Waals surface area contributed by atoms with Crippen molar-refractivity contribution in [3.8, 4) is 0 Å². The predicted octanol–water partition coefficient (Wildman–Crippen LogP) is 2.70. The van der Waals surface area contributed by atoms with Gasteiger partial charge in [0.05, 0.1) is 11.9 Å². The fraction of sp³-hybridized carbons (Fsp3) is 0.500. The minimum atomic E-state index is 0.244. The van der Waals surface area contributed by atoms with Crippen LogP contribution in [0.15, 0.2) is 24.3 Å². The highest BCUT2D eigenvalue weighted by Crippen LogP contribution is 2.28. The van der Waals surface area contributed by atoms with E-state index in [-0.39, 0.29) is 5.91 Å². The van der Waals surface area contributed by atoms with Crippen LogP contribution in [0.25, 0.3) is 10.9 Å². The number of pyridine rings is 1. The summed E-state index contributed by atoms with van der Waals surface area (Å²) in [6, 6.07) is 8.99. The molecule has 2 heterocycles. The Morgan fingerprint density at radius 1 is 1.12 bits per heavy atom. The molecule has 0 spiro atoms. The number of hydrogen-bond acceptors (Lipinski definition) is 3. The molecule has 4 rings (SSSR count). The molecule has 4 heteroatoms. The molecule has 126 valence electrons. The van der Waals surface area contributed by atoms with Gasteiger partial charge < -0.3 is 4.90 Å². The van der Waals surface area contributed by atoms with Crippen LogP contribution in [0.4, 0.5) is 0 Å². The molecule has 2 aromatic rings. The van der Waals surface area contributed by atoms with E-state index in [4.69, 9.17) is 4.98 Å². The highest BCUT2D eigenvalue weighted by molar-refractivity contribution is 5.86. The molecule has 1 saturated carbocycles. The van der Waals surface area contributed by atoms with E-state index in [0.717, 1.165) is 54.4 Å². The Hall–Kier alpha value is -1.94. The number of rotatable bonds is 3. The van der Waals surface area contributed by atoms with Crippen molar-refractivity contribution in [1.29, 1.82) is 0 Å². The number of amides is 1. The quantitative estimate of drug-likeness (QED) is 0.871. The largest absolute Gasteiger partial charge is 0.340 e. The molecule has 0 N–H and O–H groups in total.